The van der Waals surface area contributed by atoms with Gasteiger partial charge >= 0.3 is 6.18 Å². The SMILES string of the molecule is CN=C(NCCCOCC(F)(F)F)NCCSC. The standard InChI is InChI=1S/C10H20F3N3OS/c1-14-9(16-5-7-18-2)15-4-3-6-17-8-10(11,12)13/h3-8H2,1-2H3,(H2,14,15,16). The van der Waals surface area contributed by atoms with Crippen LogP contribution in [0.15, 0.2) is 4.99 Å². The molecule has 0 spiro atoms. The zero-order valence-corrected chi connectivity index (χ0v) is 11.5. The summed E-state index contributed by atoms with van der Waals surface area (Å²) in [5.41, 5.74) is 0. The van der Waals surface area contributed by atoms with Crippen LogP contribution in [0.1, 0.15) is 6.42 Å². The van der Waals surface area contributed by atoms with Crippen molar-refractivity contribution in [2.45, 2.75) is 12.6 Å². The second kappa shape index (κ2) is 10.3. The van der Waals surface area contributed by atoms with Crippen molar-refractivity contribution in [1.29, 1.82) is 0 Å². The van der Waals surface area contributed by atoms with Crippen molar-refractivity contribution in [1.82, 2.24) is 10.6 Å². The Kier molecular flexibility index (Phi) is 9.95. The van der Waals surface area contributed by atoms with E-state index < -0.39 is 12.8 Å². The number of nitrogens with zero attached hydrogens (tertiary/aromatic N) is 1. The average molecular weight is 287 g/mol. The summed E-state index contributed by atoms with van der Waals surface area (Å²) in [4.78, 5) is 3.98. The molecular weight excluding hydrogens is 267 g/mol. The van der Waals surface area contributed by atoms with Crippen LogP contribution in [0.25, 0.3) is 0 Å². The topological polar surface area (TPSA) is 45.7 Å². The Hall–Kier alpha value is -0.630. The first kappa shape index (κ1) is 17.4. The number of alkyl halides is 3. The summed E-state index contributed by atoms with van der Waals surface area (Å²) >= 11 is 1.72. The normalized spacial score (nSPS) is 12.6. The molecular formula is C10H20F3N3OS. The Morgan fingerprint density at radius 1 is 1.28 bits per heavy atom. The number of thioether (sulfide) groups is 1. The maximum Gasteiger partial charge on any atom is 0.411 e. The largest absolute Gasteiger partial charge is 0.411 e. The lowest BCUT2D eigenvalue weighted by Crippen LogP contribution is -2.39. The Morgan fingerprint density at radius 3 is 2.50 bits per heavy atom. The monoisotopic (exact) mass is 287 g/mol. The molecule has 0 fully saturated rings. The Bertz CT molecular complexity index is 237. The van der Waals surface area contributed by atoms with Gasteiger partial charge in [-0.1, -0.05) is 0 Å². The predicted octanol–water partition coefficient (Wildman–Crippen LogP) is 1.48. The van der Waals surface area contributed by atoms with Gasteiger partial charge in [0.15, 0.2) is 5.96 Å². The van der Waals surface area contributed by atoms with Gasteiger partial charge in [-0.15, -0.1) is 0 Å². The highest BCUT2D eigenvalue weighted by Gasteiger charge is 2.27. The number of rotatable bonds is 8. The van der Waals surface area contributed by atoms with Crippen LogP contribution in [-0.4, -0.2) is 57.5 Å². The molecule has 108 valence electrons. The van der Waals surface area contributed by atoms with Crippen molar-refractivity contribution >= 4 is 17.7 Å². The molecule has 0 aromatic heterocycles. The van der Waals surface area contributed by atoms with E-state index in [0.717, 1.165) is 12.3 Å². The maximum atomic E-state index is 11.7. The van der Waals surface area contributed by atoms with Gasteiger partial charge in [0.05, 0.1) is 0 Å². The van der Waals surface area contributed by atoms with Gasteiger partial charge in [0.2, 0.25) is 0 Å². The molecule has 0 bridgehead atoms. The third-order valence-electron chi connectivity index (χ3n) is 1.85. The van der Waals surface area contributed by atoms with E-state index in [2.05, 4.69) is 20.4 Å². The van der Waals surface area contributed by atoms with E-state index in [1.807, 2.05) is 6.26 Å². The molecule has 0 radical (unpaired) electrons. The fourth-order valence-electron chi connectivity index (χ4n) is 1.06. The van der Waals surface area contributed by atoms with E-state index in [1.165, 1.54) is 0 Å². The zero-order valence-electron chi connectivity index (χ0n) is 10.6. The van der Waals surface area contributed by atoms with Crippen LogP contribution in [0.4, 0.5) is 13.2 Å². The third kappa shape index (κ3) is 11.8. The Balaban J connectivity index is 3.46. The summed E-state index contributed by atoms with van der Waals surface area (Å²) in [6.07, 6.45) is -1.74. The number of hydrogen-bond donors (Lipinski definition) is 2. The highest BCUT2D eigenvalue weighted by atomic mass is 32.2. The first-order chi connectivity index (χ1) is 8.49. The minimum absolute atomic E-state index is 0.0777. The van der Waals surface area contributed by atoms with Crippen LogP contribution < -0.4 is 10.6 Å². The van der Waals surface area contributed by atoms with E-state index in [9.17, 15) is 13.2 Å². The lowest BCUT2D eigenvalue weighted by molar-refractivity contribution is -0.173. The lowest BCUT2D eigenvalue weighted by Gasteiger charge is -2.11. The Labute approximate surface area is 110 Å². The quantitative estimate of drug-likeness (QED) is 0.403. The van der Waals surface area contributed by atoms with E-state index in [4.69, 9.17) is 0 Å². The minimum Gasteiger partial charge on any atom is -0.372 e. The van der Waals surface area contributed by atoms with Crippen molar-refractivity contribution in [2.75, 3.05) is 45.4 Å². The molecule has 0 aliphatic carbocycles. The predicted molar refractivity (Wildman–Crippen MR) is 69.2 cm³/mol. The molecule has 0 amide bonds. The number of halogens is 3. The van der Waals surface area contributed by atoms with Crippen molar-refractivity contribution in [3.63, 3.8) is 0 Å². The molecule has 0 aliphatic rings. The molecule has 0 aromatic rings. The van der Waals surface area contributed by atoms with Gasteiger partial charge in [-0.05, 0) is 12.7 Å². The molecule has 0 rings (SSSR count). The molecule has 0 saturated carbocycles. The molecule has 0 heterocycles. The van der Waals surface area contributed by atoms with Gasteiger partial charge in [0.25, 0.3) is 0 Å². The molecule has 0 aliphatic heterocycles. The second-order valence-electron chi connectivity index (χ2n) is 3.44. The van der Waals surface area contributed by atoms with Crippen molar-refractivity contribution in [3.8, 4) is 0 Å². The number of guanidine groups is 1. The summed E-state index contributed by atoms with van der Waals surface area (Å²) in [6, 6.07) is 0. The van der Waals surface area contributed by atoms with E-state index in [-0.39, 0.29) is 6.61 Å². The smallest absolute Gasteiger partial charge is 0.372 e. The number of ether oxygens (including phenoxy) is 1. The first-order valence-electron chi connectivity index (χ1n) is 5.57. The molecule has 2 N–H and O–H groups in total. The molecule has 0 atom stereocenters. The molecule has 0 unspecified atom stereocenters. The van der Waals surface area contributed by atoms with Crippen molar-refractivity contribution < 1.29 is 17.9 Å². The van der Waals surface area contributed by atoms with Gasteiger partial charge in [-0.2, -0.15) is 24.9 Å². The van der Waals surface area contributed by atoms with Crippen molar-refractivity contribution in [3.05, 3.63) is 0 Å². The highest BCUT2D eigenvalue weighted by molar-refractivity contribution is 7.98. The van der Waals surface area contributed by atoms with Crippen LogP contribution in [-0.2, 0) is 4.74 Å². The minimum atomic E-state index is -4.25. The molecule has 0 aromatic carbocycles. The van der Waals surface area contributed by atoms with Gasteiger partial charge in [-0.25, -0.2) is 0 Å². The molecule has 4 nitrogen and oxygen atoms in total. The van der Waals surface area contributed by atoms with Crippen LogP contribution in [0.3, 0.4) is 0 Å². The second-order valence-corrected chi connectivity index (χ2v) is 4.43. The molecule has 18 heavy (non-hydrogen) atoms. The van der Waals surface area contributed by atoms with Crippen LogP contribution >= 0.6 is 11.8 Å². The van der Waals surface area contributed by atoms with Crippen LogP contribution in [0.2, 0.25) is 0 Å². The van der Waals surface area contributed by atoms with Gasteiger partial charge < -0.3 is 15.4 Å². The average Bonchev–Trinajstić information content (AvgIpc) is 2.30. The van der Waals surface area contributed by atoms with Gasteiger partial charge in [-0.3, -0.25) is 4.99 Å². The Morgan fingerprint density at radius 2 is 1.94 bits per heavy atom. The number of hydrogen-bond acceptors (Lipinski definition) is 3. The summed E-state index contributed by atoms with van der Waals surface area (Å²) in [6.45, 7) is 0.213. The van der Waals surface area contributed by atoms with E-state index >= 15 is 0 Å². The summed E-state index contributed by atoms with van der Waals surface area (Å²) in [5.74, 6) is 1.62. The summed E-state index contributed by atoms with van der Waals surface area (Å²) in [7, 11) is 1.65. The summed E-state index contributed by atoms with van der Waals surface area (Å²) in [5, 5.41) is 6.08. The van der Waals surface area contributed by atoms with Gasteiger partial charge in [0.1, 0.15) is 6.61 Å². The van der Waals surface area contributed by atoms with Crippen LogP contribution in [0, 0.1) is 0 Å². The van der Waals surface area contributed by atoms with E-state index in [0.29, 0.717) is 18.9 Å². The fourth-order valence-corrected chi connectivity index (χ4v) is 1.37. The number of nitrogens with one attached hydrogen (secondary N) is 2. The summed E-state index contributed by atoms with van der Waals surface area (Å²) < 4.78 is 39.7. The number of aliphatic imine (C=N–C) groups is 1. The third-order valence-corrected chi connectivity index (χ3v) is 2.46. The maximum absolute atomic E-state index is 11.7. The van der Waals surface area contributed by atoms with Crippen molar-refractivity contribution in [2.24, 2.45) is 4.99 Å². The fraction of sp³-hybridized carbons (Fsp3) is 0.900. The van der Waals surface area contributed by atoms with Crippen LogP contribution in [0.5, 0.6) is 0 Å². The molecule has 0 saturated heterocycles. The van der Waals surface area contributed by atoms with E-state index in [1.54, 1.807) is 18.8 Å². The van der Waals surface area contributed by atoms with Gasteiger partial charge in [0, 0.05) is 32.5 Å². The first-order valence-corrected chi connectivity index (χ1v) is 6.97. The highest BCUT2D eigenvalue weighted by Crippen LogP contribution is 2.14. The zero-order chi connectivity index (χ0) is 13.9. The lowest BCUT2D eigenvalue weighted by atomic mass is 10.4. The molecule has 8 heteroatoms.